The average molecular weight is 282 g/mol. The molecule has 1 amide bonds. The molecule has 2 rings (SSSR count). The van der Waals surface area contributed by atoms with Crippen molar-refractivity contribution in [2.45, 2.75) is 19.4 Å². The summed E-state index contributed by atoms with van der Waals surface area (Å²) in [6.07, 6.45) is 1.04. The zero-order chi connectivity index (χ0) is 14.0. The monoisotopic (exact) mass is 281 g/mol. The second-order valence-corrected chi connectivity index (χ2v) is 5.44. The highest BCUT2D eigenvalue weighted by molar-refractivity contribution is 6.34. The molecule has 5 heteroatoms. The second-order valence-electron chi connectivity index (χ2n) is 5.03. The molecule has 104 valence electrons. The topological polar surface area (TPSA) is 49.6 Å². The summed E-state index contributed by atoms with van der Waals surface area (Å²) >= 11 is 6.10. The fourth-order valence-electron chi connectivity index (χ4n) is 2.45. The van der Waals surface area contributed by atoms with Crippen LogP contribution >= 0.6 is 11.6 Å². The van der Waals surface area contributed by atoms with E-state index in [1.807, 2.05) is 4.90 Å². The molecule has 1 aliphatic rings. The van der Waals surface area contributed by atoms with E-state index in [2.05, 4.69) is 18.9 Å². The Kier molecular flexibility index (Phi) is 4.32. The molecular weight excluding hydrogens is 262 g/mol. The Morgan fingerprint density at radius 3 is 2.84 bits per heavy atom. The van der Waals surface area contributed by atoms with Gasteiger partial charge in [-0.3, -0.25) is 9.69 Å². The molecule has 1 atom stereocenters. The number of anilines is 1. The van der Waals surface area contributed by atoms with Gasteiger partial charge in [-0.25, -0.2) is 0 Å². The Hall–Kier alpha value is -1.26. The molecule has 1 aromatic rings. The van der Waals surface area contributed by atoms with Crippen LogP contribution in [0.15, 0.2) is 18.2 Å². The molecule has 1 unspecified atom stereocenters. The zero-order valence-electron chi connectivity index (χ0n) is 11.4. The Balaban J connectivity index is 2.15. The number of benzene rings is 1. The van der Waals surface area contributed by atoms with Crippen LogP contribution in [0.4, 0.5) is 5.69 Å². The van der Waals surface area contributed by atoms with Crippen molar-refractivity contribution < 1.29 is 4.79 Å². The molecule has 1 saturated heterocycles. The van der Waals surface area contributed by atoms with Crippen LogP contribution in [0.2, 0.25) is 5.02 Å². The fourth-order valence-corrected chi connectivity index (χ4v) is 2.72. The van der Waals surface area contributed by atoms with Gasteiger partial charge in [-0.2, -0.15) is 0 Å². The highest BCUT2D eigenvalue weighted by atomic mass is 35.5. The highest BCUT2D eigenvalue weighted by Crippen LogP contribution is 2.22. The smallest absolute Gasteiger partial charge is 0.255 e. The first-order valence-corrected chi connectivity index (χ1v) is 6.95. The standard InChI is InChI=1S/C14H20ClN3O/c1-3-11-9-18(7-6-17(11)2)14(19)12-5-4-10(16)8-13(12)15/h4-5,8,11H,3,6-7,9,16H2,1-2H3. The Morgan fingerprint density at radius 2 is 2.21 bits per heavy atom. The molecule has 2 N–H and O–H groups in total. The first kappa shape index (κ1) is 14.2. The Morgan fingerprint density at radius 1 is 1.47 bits per heavy atom. The van der Waals surface area contributed by atoms with E-state index >= 15 is 0 Å². The Bertz CT molecular complexity index is 478. The van der Waals surface area contributed by atoms with E-state index in [1.54, 1.807) is 18.2 Å². The summed E-state index contributed by atoms with van der Waals surface area (Å²) in [7, 11) is 2.10. The summed E-state index contributed by atoms with van der Waals surface area (Å²) in [5, 5.41) is 0.428. The number of likely N-dealkylation sites (N-methyl/N-ethyl adjacent to an activating group) is 1. The van der Waals surface area contributed by atoms with Crippen molar-refractivity contribution in [1.82, 2.24) is 9.80 Å². The number of nitrogen functional groups attached to an aromatic ring is 1. The van der Waals surface area contributed by atoms with Crippen molar-refractivity contribution >= 4 is 23.2 Å². The van der Waals surface area contributed by atoms with Gasteiger partial charge in [0.1, 0.15) is 0 Å². The minimum absolute atomic E-state index is 0.00319. The number of hydrogen-bond acceptors (Lipinski definition) is 3. The average Bonchev–Trinajstić information content (AvgIpc) is 2.38. The largest absolute Gasteiger partial charge is 0.399 e. The predicted molar refractivity (Wildman–Crippen MR) is 78.5 cm³/mol. The molecule has 0 spiro atoms. The van der Waals surface area contributed by atoms with Crippen molar-refractivity contribution in [3.05, 3.63) is 28.8 Å². The summed E-state index contributed by atoms with van der Waals surface area (Å²) in [6.45, 7) is 4.54. The summed E-state index contributed by atoms with van der Waals surface area (Å²) in [4.78, 5) is 16.7. The first-order chi connectivity index (χ1) is 9.02. The second kappa shape index (κ2) is 5.80. The third-order valence-corrected chi connectivity index (χ3v) is 4.07. The Labute approximate surface area is 119 Å². The number of piperazine rings is 1. The molecule has 0 aromatic heterocycles. The molecule has 0 aliphatic carbocycles. The lowest BCUT2D eigenvalue weighted by Gasteiger charge is -2.39. The van der Waals surface area contributed by atoms with Crippen LogP contribution in [0.5, 0.6) is 0 Å². The molecule has 1 fully saturated rings. The minimum Gasteiger partial charge on any atom is -0.399 e. The van der Waals surface area contributed by atoms with E-state index in [0.29, 0.717) is 22.3 Å². The summed E-state index contributed by atoms with van der Waals surface area (Å²) < 4.78 is 0. The van der Waals surface area contributed by atoms with Gasteiger partial charge in [0.05, 0.1) is 10.6 Å². The van der Waals surface area contributed by atoms with Gasteiger partial charge in [0.25, 0.3) is 5.91 Å². The minimum atomic E-state index is -0.00319. The van der Waals surface area contributed by atoms with Crippen molar-refractivity contribution in [1.29, 1.82) is 0 Å². The van der Waals surface area contributed by atoms with Gasteiger partial charge >= 0.3 is 0 Å². The van der Waals surface area contributed by atoms with Gasteiger partial charge in [0, 0.05) is 31.4 Å². The number of carbonyl (C=O) groups excluding carboxylic acids is 1. The maximum absolute atomic E-state index is 12.5. The van der Waals surface area contributed by atoms with Crippen molar-refractivity contribution in [3.8, 4) is 0 Å². The lowest BCUT2D eigenvalue weighted by atomic mass is 10.1. The molecule has 0 saturated carbocycles. The van der Waals surface area contributed by atoms with Gasteiger partial charge in [0.2, 0.25) is 0 Å². The maximum atomic E-state index is 12.5. The van der Waals surface area contributed by atoms with Crippen LogP contribution in [0.25, 0.3) is 0 Å². The van der Waals surface area contributed by atoms with E-state index in [0.717, 1.165) is 26.1 Å². The van der Waals surface area contributed by atoms with Crippen molar-refractivity contribution in [2.75, 3.05) is 32.4 Å². The van der Waals surface area contributed by atoms with Gasteiger partial charge in [-0.15, -0.1) is 0 Å². The van der Waals surface area contributed by atoms with Crippen LogP contribution in [-0.4, -0.2) is 48.4 Å². The molecule has 1 aromatic carbocycles. The molecule has 1 heterocycles. The normalized spacial score (nSPS) is 20.6. The lowest BCUT2D eigenvalue weighted by Crippen LogP contribution is -2.53. The van der Waals surface area contributed by atoms with E-state index in [4.69, 9.17) is 17.3 Å². The SMILES string of the molecule is CCC1CN(C(=O)c2ccc(N)cc2Cl)CCN1C. The van der Waals surface area contributed by atoms with Crippen LogP contribution in [0.1, 0.15) is 23.7 Å². The van der Waals surface area contributed by atoms with Crippen LogP contribution in [0, 0.1) is 0 Å². The third kappa shape index (κ3) is 3.01. The van der Waals surface area contributed by atoms with E-state index in [-0.39, 0.29) is 5.91 Å². The summed E-state index contributed by atoms with van der Waals surface area (Å²) in [5.74, 6) is -0.00319. The van der Waals surface area contributed by atoms with E-state index in [9.17, 15) is 4.79 Å². The molecule has 0 bridgehead atoms. The molecular formula is C14H20ClN3O. The number of carbonyl (C=O) groups is 1. The predicted octanol–water partition coefficient (Wildman–Crippen LogP) is 2.09. The third-order valence-electron chi connectivity index (χ3n) is 3.76. The van der Waals surface area contributed by atoms with Crippen molar-refractivity contribution in [2.24, 2.45) is 0 Å². The highest BCUT2D eigenvalue weighted by Gasteiger charge is 2.27. The fraction of sp³-hybridized carbons (Fsp3) is 0.500. The lowest BCUT2D eigenvalue weighted by molar-refractivity contribution is 0.0542. The van der Waals surface area contributed by atoms with E-state index in [1.165, 1.54) is 0 Å². The number of nitrogens with zero attached hydrogens (tertiary/aromatic N) is 2. The van der Waals surface area contributed by atoms with Gasteiger partial charge in [0.15, 0.2) is 0 Å². The molecule has 0 radical (unpaired) electrons. The van der Waals surface area contributed by atoms with Gasteiger partial charge in [-0.1, -0.05) is 18.5 Å². The number of amides is 1. The van der Waals surface area contributed by atoms with Crippen molar-refractivity contribution in [3.63, 3.8) is 0 Å². The number of hydrogen-bond donors (Lipinski definition) is 1. The van der Waals surface area contributed by atoms with Crippen LogP contribution in [0.3, 0.4) is 0 Å². The van der Waals surface area contributed by atoms with Crippen LogP contribution < -0.4 is 5.73 Å². The molecule has 4 nitrogen and oxygen atoms in total. The maximum Gasteiger partial charge on any atom is 0.255 e. The summed E-state index contributed by atoms with van der Waals surface area (Å²) in [6, 6.07) is 5.47. The van der Waals surface area contributed by atoms with Gasteiger partial charge < -0.3 is 10.6 Å². The molecule has 19 heavy (non-hydrogen) atoms. The first-order valence-electron chi connectivity index (χ1n) is 6.57. The number of halogens is 1. The van der Waals surface area contributed by atoms with Crippen LogP contribution in [-0.2, 0) is 0 Å². The zero-order valence-corrected chi connectivity index (χ0v) is 12.2. The van der Waals surface area contributed by atoms with E-state index < -0.39 is 0 Å². The quantitative estimate of drug-likeness (QED) is 0.845. The number of rotatable bonds is 2. The molecule has 1 aliphatic heterocycles. The number of nitrogens with two attached hydrogens (primary N) is 1. The van der Waals surface area contributed by atoms with Gasteiger partial charge in [-0.05, 0) is 31.7 Å². The summed E-state index contributed by atoms with van der Waals surface area (Å²) in [5.41, 5.74) is 6.76.